The number of aryl methyl sites for hydroxylation is 2. The summed E-state index contributed by atoms with van der Waals surface area (Å²) in [4.78, 5) is 21.5. The van der Waals surface area contributed by atoms with E-state index in [0.29, 0.717) is 24.7 Å². The summed E-state index contributed by atoms with van der Waals surface area (Å²) in [5.41, 5.74) is 3.68. The monoisotopic (exact) mass is 447 g/mol. The number of hydrogen-bond acceptors (Lipinski definition) is 5. The normalized spacial score (nSPS) is 10.7. The molecule has 162 valence electrons. The molecular formula is C24H22ClN5O2. The molecule has 0 fully saturated rings. The minimum Gasteiger partial charge on any atom is -0.487 e. The number of carbonyl (C=O) groups excluding carboxylic acids is 1. The van der Waals surface area contributed by atoms with Gasteiger partial charge in [-0.2, -0.15) is 5.10 Å². The van der Waals surface area contributed by atoms with Crippen LogP contribution in [0.5, 0.6) is 5.75 Å². The molecule has 32 heavy (non-hydrogen) atoms. The molecule has 4 rings (SSSR count). The standard InChI is InChI=1S/C24H22ClN5O2/c1-16-12-17(2)30(29-16)22-10-9-21(25)23(28-22)24(31)27-14-18-6-5-8-20(13-18)32-15-19-7-3-4-11-26-19/h3-13H,14-15H2,1-2H3,(H,27,31). The van der Waals surface area contributed by atoms with E-state index in [1.54, 1.807) is 23.0 Å². The summed E-state index contributed by atoms with van der Waals surface area (Å²) in [5, 5.41) is 7.56. The number of pyridine rings is 2. The van der Waals surface area contributed by atoms with Crippen LogP contribution in [-0.4, -0.2) is 25.7 Å². The van der Waals surface area contributed by atoms with Crippen LogP contribution in [0.1, 0.15) is 33.1 Å². The quantitative estimate of drug-likeness (QED) is 0.453. The van der Waals surface area contributed by atoms with Crippen LogP contribution in [0.15, 0.2) is 66.9 Å². The fourth-order valence-corrected chi connectivity index (χ4v) is 3.41. The molecule has 3 heterocycles. The largest absolute Gasteiger partial charge is 0.487 e. The van der Waals surface area contributed by atoms with E-state index in [1.807, 2.05) is 62.4 Å². The molecule has 3 aromatic heterocycles. The summed E-state index contributed by atoms with van der Waals surface area (Å²) in [6.45, 7) is 4.51. The van der Waals surface area contributed by atoms with Gasteiger partial charge in [-0.25, -0.2) is 9.67 Å². The fraction of sp³-hybridized carbons (Fsp3) is 0.167. The van der Waals surface area contributed by atoms with E-state index in [0.717, 1.165) is 22.6 Å². The van der Waals surface area contributed by atoms with E-state index in [9.17, 15) is 4.79 Å². The average Bonchev–Trinajstić information content (AvgIpc) is 3.15. The van der Waals surface area contributed by atoms with E-state index in [1.165, 1.54) is 0 Å². The van der Waals surface area contributed by atoms with Crippen LogP contribution in [0.4, 0.5) is 0 Å². The van der Waals surface area contributed by atoms with Crippen LogP contribution in [-0.2, 0) is 13.2 Å². The third-order valence-corrected chi connectivity index (χ3v) is 5.04. The molecule has 8 heteroatoms. The molecule has 1 N–H and O–H groups in total. The van der Waals surface area contributed by atoms with E-state index in [-0.39, 0.29) is 16.6 Å². The maximum atomic E-state index is 12.8. The van der Waals surface area contributed by atoms with E-state index >= 15 is 0 Å². The highest BCUT2D eigenvalue weighted by Crippen LogP contribution is 2.19. The molecule has 0 radical (unpaired) electrons. The SMILES string of the molecule is Cc1cc(C)n(-c2ccc(Cl)c(C(=O)NCc3cccc(OCc4ccccn4)c3)n2)n1. The number of benzene rings is 1. The van der Waals surface area contributed by atoms with Crippen molar-refractivity contribution in [1.29, 1.82) is 0 Å². The van der Waals surface area contributed by atoms with E-state index in [4.69, 9.17) is 16.3 Å². The smallest absolute Gasteiger partial charge is 0.271 e. The molecule has 0 aliphatic rings. The first kappa shape index (κ1) is 21.5. The topological polar surface area (TPSA) is 81.9 Å². The molecule has 0 saturated heterocycles. The van der Waals surface area contributed by atoms with Gasteiger partial charge >= 0.3 is 0 Å². The lowest BCUT2D eigenvalue weighted by atomic mass is 10.2. The molecule has 0 spiro atoms. The lowest BCUT2D eigenvalue weighted by Gasteiger charge is -2.10. The van der Waals surface area contributed by atoms with Crippen LogP contribution in [0, 0.1) is 13.8 Å². The number of amides is 1. The number of nitrogens with zero attached hydrogens (tertiary/aromatic N) is 4. The average molecular weight is 448 g/mol. The maximum Gasteiger partial charge on any atom is 0.271 e. The van der Waals surface area contributed by atoms with Gasteiger partial charge in [0.25, 0.3) is 5.91 Å². The lowest BCUT2D eigenvalue weighted by molar-refractivity contribution is 0.0946. The Hall–Kier alpha value is -3.71. The van der Waals surface area contributed by atoms with Crippen molar-refractivity contribution in [3.63, 3.8) is 0 Å². The van der Waals surface area contributed by atoms with Crippen LogP contribution in [0.2, 0.25) is 5.02 Å². The van der Waals surface area contributed by atoms with E-state index in [2.05, 4.69) is 20.4 Å². The molecule has 0 bridgehead atoms. The van der Waals surface area contributed by atoms with Gasteiger partial charge in [0, 0.05) is 18.4 Å². The Kier molecular flexibility index (Phi) is 6.47. The van der Waals surface area contributed by atoms with Crippen LogP contribution in [0.3, 0.4) is 0 Å². The second-order valence-electron chi connectivity index (χ2n) is 7.28. The van der Waals surface area contributed by atoms with Gasteiger partial charge < -0.3 is 10.1 Å². The third kappa shape index (κ3) is 5.12. The first-order chi connectivity index (χ1) is 15.5. The van der Waals surface area contributed by atoms with Crippen molar-refractivity contribution in [2.75, 3.05) is 0 Å². The Bertz CT molecular complexity index is 1240. The zero-order valence-corrected chi connectivity index (χ0v) is 18.5. The first-order valence-corrected chi connectivity index (χ1v) is 10.5. The van der Waals surface area contributed by atoms with Crippen LogP contribution in [0.25, 0.3) is 5.82 Å². The summed E-state index contributed by atoms with van der Waals surface area (Å²) in [6.07, 6.45) is 1.73. The maximum absolute atomic E-state index is 12.8. The van der Waals surface area contributed by atoms with Gasteiger partial charge in [-0.3, -0.25) is 9.78 Å². The second kappa shape index (κ2) is 9.62. The predicted molar refractivity (Wildman–Crippen MR) is 122 cm³/mol. The number of ether oxygens (including phenoxy) is 1. The van der Waals surface area contributed by atoms with Crippen molar-refractivity contribution in [3.05, 3.63) is 100 Å². The summed E-state index contributed by atoms with van der Waals surface area (Å²) in [5.74, 6) is 0.873. The van der Waals surface area contributed by atoms with Gasteiger partial charge in [0.1, 0.15) is 18.1 Å². The van der Waals surface area contributed by atoms with Gasteiger partial charge in [-0.15, -0.1) is 0 Å². The summed E-state index contributed by atoms with van der Waals surface area (Å²) in [6, 6.07) is 18.6. The Balaban J connectivity index is 1.42. The second-order valence-corrected chi connectivity index (χ2v) is 7.69. The number of rotatable bonds is 7. The van der Waals surface area contributed by atoms with Crippen LogP contribution >= 0.6 is 11.6 Å². The van der Waals surface area contributed by atoms with Crippen molar-refractivity contribution in [1.82, 2.24) is 25.1 Å². The summed E-state index contributed by atoms with van der Waals surface area (Å²) < 4.78 is 7.49. The highest BCUT2D eigenvalue weighted by Gasteiger charge is 2.15. The molecule has 0 atom stereocenters. The number of carbonyl (C=O) groups is 1. The molecule has 0 unspecified atom stereocenters. The number of halogens is 1. The summed E-state index contributed by atoms with van der Waals surface area (Å²) in [7, 11) is 0. The van der Waals surface area contributed by atoms with Crippen molar-refractivity contribution in [2.45, 2.75) is 27.0 Å². The molecule has 1 aromatic carbocycles. The third-order valence-electron chi connectivity index (χ3n) is 4.74. The Labute approximate surface area is 191 Å². The zero-order chi connectivity index (χ0) is 22.5. The van der Waals surface area contributed by atoms with Crippen molar-refractivity contribution < 1.29 is 9.53 Å². The van der Waals surface area contributed by atoms with E-state index < -0.39 is 0 Å². The summed E-state index contributed by atoms with van der Waals surface area (Å²) >= 11 is 6.25. The Morgan fingerprint density at radius 2 is 1.97 bits per heavy atom. The van der Waals surface area contributed by atoms with Crippen LogP contribution < -0.4 is 10.1 Å². The highest BCUT2D eigenvalue weighted by atomic mass is 35.5. The van der Waals surface area contributed by atoms with Gasteiger partial charge in [0.05, 0.1) is 16.4 Å². The van der Waals surface area contributed by atoms with Crippen molar-refractivity contribution in [2.24, 2.45) is 0 Å². The molecule has 1 amide bonds. The number of hydrogen-bond donors (Lipinski definition) is 1. The number of aromatic nitrogens is 4. The minimum absolute atomic E-state index is 0.152. The number of nitrogens with one attached hydrogen (secondary N) is 1. The zero-order valence-electron chi connectivity index (χ0n) is 17.7. The van der Waals surface area contributed by atoms with Gasteiger partial charge in [-0.05, 0) is 61.9 Å². The lowest BCUT2D eigenvalue weighted by Crippen LogP contribution is -2.24. The van der Waals surface area contributed by atoms with Gasteiger partial charge in [-0.1, -0.05) is 29.8 Å². The Morgan fingerprint density at radius 1 is 1.09 bits per heavy atom. The van der Waals surface area contributed by atoms with Gasteiger partial charge in [0.15, 0.2) is 5.82 Å². The molecular weight excluding hydrogens is 426 g/mol. The molecule has 4 aromatic rings. The molecule has 0 saturated carbocycles. The first-order valence-electron chi connectivity index (χ1n) is 10.1. The van der Waals surface area contributed by atoms with Gasteiger partial charge in [0.2, 0.25) is 0 Å². The van der Waals surface area contributed by atoms with Crippen molar-refractivity contribution in [3.8, 4) is 11.6 Å². The predicted octanol–water partition coefficient (Wildman–Crippen LogP) is 4.44. The van der Waals surface area contributed by atoms with Crippen molar-refractivity contribution >= 4 is 17.5 Å². The molecule has 7 nitrogen and oxygen atoms in total. The fourth-order valence-electron chi connectivity index (χ4n) is 3.22. The molecule has 0 aliphatic carbocycles. The minimum atomic E-state index is -0.363. The highest BCUT2D eigenvalue weighted by molar-refractivity contribution is 6.33. The Morgan fingerprint density at radius 3 is 2.72 bits per heavy atom. The molecule has 0 aliphatic heterocycles.